The predicted molar refractivity (Wildman–Crippen MR) is 116 cm³/mol. The average molecular weight is 407 g/mol. The number of anilines is 1. The van der Waals surface area contributed by atoms with E-state index in [0.29, 0.717) is 17.0 Å². The molecule has 0 aliphatic carbocycles. The molecule has 0 saturated heterocycles. The van der Waals surface area contributed by atoms with Crippen molar-refractivity contribution < 1.29 is 13.9 Å². The van der Waals surface area contributed by atoms with Gasteiger partial charge in [-0.2, -0.15) is 5.10 Å². The van der Waals surface area contributed by atoms with Gasteiger partial charge in [0.05, 0.1) is 11.8 Å². The summed E-state index contributed by atoms with van der Waals surface area (Å²) in [7, 11) is 0. The van der Waals surface area contributed by atoms with Gasteiger partial charge in [0.15, 0.2) is 5.11 Å². The number of halogens is 1. The Labute approximate surface area is 173 Å². The van der Waals surface area contributed by atoms with Crippen molar-refractivity contribution in [1.82, 2.24) is 5.43 Å². The first kappa shape index (κ1) is 20.2. The maximum atomic E-state index is 12.9. The first-order valence-corrected chi connectivity index (χ1v) is 9.15. The molecule has 0 atom stereocenters. The van der Waals surface area contributed by atoms with Crippen LogP contribution < -0.4 is 15.5 Å². The summed E-state index contributed by atoms with van der Waals surface area (Å²) < 4.78 is 18.3. The fourth-order valence-electron chi connectivity index (χ4n) is 2.42. The third-order valence-corrected chi connectivity index (χ3v) is 4.02. The van der Waals surface area contributed by atoms with E-state index in [1.165, 1.54) is 12.1 Å². The lowest BCUT2D eigenvalue weighted by atomic mass is 10.1. The number of carbonyl (C=O) groups excluding carboxylic acids is 1. The van der Waals surface area contributed by atoms with Gasteiger partial charge in [0.25, 0.3) is 0 Å². The number of hydrogen-bond donors (Lipinski definition) is 2. The van der Waals surface area contributed by atoms with Crippen LogP contribution in [-0.2, 0) is 0 Å². The van der Waals surface area contributed by atoms with Crippen molar-refractivity contribution in [2.75, 3.05) is 5.32 Å². The Morgan fingerprint density at radius 3 is 2.48 bits per heavy atom. The van der Waals surface area contributed by atoms with Gasteiger partial charge in [0.1, 0.15) is 11.6 Å². The molecule has 0 spiro atoms. The summed E-state index contributed by atoms with van der Waals surface area (Å²) in [4.78, 5) is 12.2. The van der Waals surface area contributed by atoms with Gasteiger partial charge in [-0.1, -0.05) is 17.7 Å². The molecular formula is C22H18FN3O2S. The topological polar surface area (TPSA) is 62.7 Å². The molecular weight excluding hydrogens is 389 g/mol. The molecule has 3 aromatic carbocycles. The van der Waals surface area contributed by atoms with E-state index in [2.05, 4.69) is 15.8 Å². The van der Waals surface area contributed by atoms with Crippen LogP contribution >= 0.6 is 12.2 Å². The quantitative estimate of drug-likeness (QED) is 0.212. The second kappa shape index (κ2) is 9.57. The second-order valence-corrected chi connectivity index (χ2v) is 6.57. The van der Waals surface area contributed by atoms with Crippen LogP contribution in [0.2, 0.25) is 0 Å². The Kier molecular flexibility index (Phi) is 6.65. The van der Waals surface area contributed by atoms with Gasteiger partial charge >= 0.3 is 5.97 Å². The molecule has 0 aliphatic heterocycles. The van der Waals surface area contributed by atoms with Crippen LogP contribution in [0.5, 0.6) is 5.75 Å². The smallest absolute Gasteiger partial charge is 0.343 e. The van der Waals surface area contributed by atoms with Crippen LogP contribution in [0.1, 0.15) is 21.5 Å². The summed E-state index contributed by atoms with van der Waals surface area (Å²) in [6.07, 6.45) is 1.57. The van der Waals surface area contributed by atoms with Gasteiger partial charge in [-0.15, -0.1) is 0 Å². The lowest BCUT2D eigenvalue weighted by Gasteiger charge is -2.07. The molecule has 0 unspecified atom stereocenters. The highest BCUT2D eigenvalue weighted by atomic mass is 32.1. The number of rotatable bonds is 5. The monoisotopic (exact) mass is 407 g/mol. The van der Waals surface area contributed by atoms with E-state index >= 15 is 0 Å². The Bertz CT molecular complexity index is 1030. The van der Waals surface area contributed by atoms with Gasteiger partial charge < -0.3 is 10.1 Å². The van der Waals surface area contributed by atoms with E-state index in [-0.39, 0.29) is 10.9 Å². The van der Waals surface area contributed by atoms with Crippen molar-refractivity contribution in [3.05, 3.63) is 95.3 Å². The zero-order valence-electron chi connectivity index (χ0n) is 15.6. The molecule has 0 aliphatic rings. The van der Waals surface area contributed by atoms with Crippen molar-refractivity contribution in [2.45, 2.75) is 6.92 Å². The van der Waals surface area contributed by atoms with E-state index < -0.39 is 5.97 Å². The maximum Gasteiger partial charge on any atom is 0.343 e. The zero-order chi connectivity index (χ0) is 20.6. The molecule has 0 bridgehead atoms. The number of nitrogens with zero attached hydrogens (tertiary/aromatic N) is 1. The first-order chi connectivity index (χ1) is 14.0. The first-order valence-electron chi connectivity index (χ1n) is 8.74. The lowest BCUT2D eigenvalue weighted by molar-refractivity contribution is 0.0734. The molecule has 2 N–H and O–H groups in total. The standard InChI is InChI=1S/C22H18FN3O2S/c1-15-3-2-4-17(13-15)21(27)28-20-11-5-16(6-12-20)14-24-26-22(29)25-19-9-7-18(23)8-10-19/h2-14H,1H3,(H2,25,26,29). The van der Waals surface area contributed by atoms with Crippen molar-refractivity contribution >= 4 is 35.2 Å². The van der Waals surface area contributed by atoms with Gasteiger partial charge in [-0.25, -0.2) is 9.18 Å². The third-order valence-electron chi connectivity index (χ3n) is 3.83. The second-order valence-electron chi connectivity index (χ2n) is 6.16. The highest BCUT2D eigenvalue weighted by molar-refractivity contribution is 7.80. The number of aryl methyl sites for hydroxylation is 1. The molecule has 146 valence electrons. The molecule has 0 heterocycles. The summed E-state index contributed by atoms with van der Waals surface area (Å²) in [6, 6.07) is 19.9. The zero-order valence-corrected chi connectivity index (χ0v) is 16.4. The molecule has 3 aromatic rings. The molecule has 0 amide bonds. The largest absolute Gasteiger partial charge is 0.423 e. The highest BCUT2D eigenvalue weighted by Gasteiger charge is 2.08. The van der Waals surface area contributed by atoms with Crippen LogP contribution in [0.3, 0.4) is 0 Å². The van der Waals surface area contributed by atoms with Crippen molar-refractivity contribution in [3.8, 4) is 5.75 Å². The van der Waals surface area contributed by atoms with E-state index in [9.17, 15) is 9.18 Å². The van der Waals surface area contributed by atoms with Crippen molar-refractivity contribution in [1.29, 1.82) is 0 Å². The predicted octanol–water partition coefficient (Wildman–Crippen LogP) is 4.67. The van der Waals surface area contributed by atoms with E-state index in [4.69, 9.17) is 17.0 Å². The number of nitrogens with one attached hydrogen (secondary N) is 2. The van der Waals surface area contributed by atoms with Crippen LogP contribution in [0, 0.1) is 12.7 Å². The fraction of sp³-hybridized carbons (Fsp3) is 0.0455. The van der Waals surface area contributed by atoms with Crippen LogP contribution in [0.25, 0.3) is 0 Å². The van der Waals surface area contributed by atoms with E-state index in [0.717, 1.165) is 11.1 Å². The van der Waals surface area contributed by atoms with E-state index in [1.54, 1.807) is 54.7 Å². The molecule has 0 fully saturated rings. The van der Waals surface area contributed by atoms with Crippen molar-refractivity contribution in [2.24, 2.45) is 5.10 Å². The number of hydrazone groups is 1. The summed E-state index contributed by atoms with van der Waals surface area (Å²) in [5, 5.41) is 7.21. The number of hydrogen-bond acceptors (Lipinski definition) is 4. The number of thiocarbonyl (C=S) groups is 1. The van der Waals surface area contributed by atoms with Gasteiger partial charge in [0, 0.05) is 5.69 Å². The van der Waals surface area contributed by atoms with Crippen LogP contribution in [-0.4, -0.2) is 17.3 Å². The summed E-state index contributed by atoms with van der Waals surface area (Å²) >= 11 is 5.12. The minimum absolute atomic E-state index is 0.275. The minimum atomic E-state index is -0.408. The normalized spacial score (nSPS) is 10.6. The molecule has 5 nitrogen and oxygen atoms in total. The maximum absolute atomic E-state index is 12.9. The minimum Gasteiger partial charge on any atom is -0.423 e. The lowest BCUT2D eigenvalue weighted by Crippen LogP contribution is -2.23. The molecule has 0 aromatic heterocycles. The number of esters is 1. The molecule has 29 heavy (non-hydrogen) atoms. The summed E-state index contributed by atoms with van der Waals surface area (Å²) in [5.74, 6) is -0.287. The van der Waals surface area contributed by atoms with Crippen LogP contribution in [0.15, 0.2) is 77.9 Å². The van der Waals surface area contributed by atoms with Gasteiger partial charge in [0.2, 0.25) is 0 Å². The Balaban J connectivity index is 1.51. The Morgan fingerprint density at radius 2 is 1.79 bits per heavy atom. The molecule has 0 radical (unpaired) electrons. The summed E-state index contributed by atoms with van der Waals surface area (Å²) in [5.41, 5.74) is 5.61. The average Bonchev–Trinajstić information content (AvgIpc) is 2.71. The van der Waals surface area contributed by atoms with E-state index in [1.807, 2.05) is 19.1 Å². The van der Waals surface area contributed by atoms with Gasteiger partial charge in [-0.3, -0.25) is 5.43 Å². The molecule has 0 saturated carbocycles. The Morgan fingerprint density at radius 1 is 1.07 bits per heavy atom. The van der Waals surface area contributed by atoms with Gasteiger partial charge in [-0.05, 0) is 85.4 Å². The molecule has 3 rings (SSSR count). The number of carbonyl (C=O) groups is 1. The van der Waals surface area contributed by atoms with Crippen LogP contribution in [0.4, 0.5) is 10.1 Å². The Hall–Kier alpha value is -3.58. The fourth-order valence-corrected chi connectivity index (χ4v) is 2.59. The van der Waals surface area contributed by atoms with Crippen molar-refractivity contribution in [3.63, 3.8) is 0 Å². The third kappa shape index (κ3) is 6.22. The number of ether oxygens (including phenoxy) is 1. The summed E-state index contributed by atoms with van der Waals surface area (Å²) in [6.45, 7) is 1.92. The molecule has 7 heteroatoms. The number of benzene rings is 3. The highest BCUT2D eigenvalue weighted by Crippen LogP contribution is 2.14. The SMILES string of the molecule is Cc1cccc(C(=O)Oc2ccc(C=NNC(=S)Nc3ccc(F)cc3)cc2)c1.